The number of hydrogen-bond acceptors (Lipinski definition) is 10. The smallest absolute Gasteiger partial charge is 0.434 e. The summed E-state index contributed by atoms with van der Waals surface area (Å²) in [6, 6.07) is 10.2. The lowest BCUT2D eigenvalue weighted by molar-refractivity contribution is 0.183. The van der Waals surface area contributed by atoms with Gasteiger partial charge in [-0.05, 0) is 42.7 Å². The Hall–Kier alpha value is -3.86. The summed E-state index contributed by atoms with van der Waals surface area (Å²) >= 11 is 1.20. The van der Waals surface area contributed by atoms with Crippen molar-refractivity contribution in [1.29, 1.82) is 0 Å². The van der Waals surface area contributed by atoms with Crippen LogP contribution in [0.1, 0.15) is 11.5 Å². The second-order valence-corrected chi connectivity index (χ2v) is 7.26. The number of aromatic hydroxyl groups is 1. The van der Waals surface area contributed by atoms with Crippen molar-refractivity contribution in [3.8, 4) is 28.6 Å². The third-order valence-corrected chi connectivity index (χ3v) is 5.06. The van der Waals surface area contributed by atoms with E-state index in [2.05, 4.69) is 24.9 Å². The summed E-state index contributed by atoms with van der Waals surface area (Å²) in [6.45, 7) is 1.71. The molecule has 1 N–H and O–H groups in total. The number of carbonyl (C=O) groups is 1. The molecule has 172 valence electrons. The van der Waals surface area contributed by atoms with Gasteiger partial charge in [-0.25, -0.2) is 9.79 Å². The van der Waals surface area contributed by atoms with E-state index >= 15 is 0 Å². The molecule has 1 aromatic heterocycles. The van der Waals surface area contributed by atoms with Crippen molar-refractivity contribution in [1.82, 2.24) is 10.1 Å². The molecule has 2 aromatic carbocycles. The fourth-order valence-electron chi connectivity index (χ4n) is 2.87. The molecule has 0 fully saturated rings. The summed E-state index contributed by atoms with van der Waals surface area (Å²) in [6.07, 6.45) is 0.971. The van der Waals surface area contributed by atoms with Gasteiger partial charge in [0, 0.05) is 18.1 Å². The van der Waals surface area contributed by atoms with E-state index in [0.717, 1.165) is 5.56 Å². The first kappa shape index (κ1) is 23.8. The van der Waals surface area contributed by atoms with Gasteiger partial charge in [-0.3, -0.25) is 0 Å². The lowest BCUT2D eigenvalue weighted by Gasteiger charge is -2.14. The molecule has 0 bridgehead atoms. The van der Waals surface area contributed by atoms with Crippen LogP contribution in [-0.2, 0) is 4.74 Å². The van der Waals surface area contributed by atoms with Gasteiger partial charge >= 0.3 is 6.09 Å². The molecule has 0 atom stereocenters. The second-order valence-electron chi connectivity index (χ2n) is 6.47. The van der Waals surface area contributed by atoms with Crippen molar-refractivity contribution < 1.29 is 28.6 Å². The summed E-state index contributed by atoms with van der Waals surface area (Å²) in [5.74, 6) is 1.25. The minimum atomic E-state index is -0.778. The number of methoxy groups -OCH3 is 3. The van der Waals surface area contributed by atoms with Crippen molar-refractivity contribution in [3.05, 3.63) is 47.9 Å². The van der Waals surface area contributed by atoms with Crippen molar-refractivity contribution in [2.24, 2.45) is 9.98 Å². The van der Waals surface area contributed by atoms with Gasteiger partial charge < -0.3 is 23.8 Å². The number of amides is 1. The van der Waals surface area contributed by atoms with Gasteiger partial charge in [-0.1, -0.05) is 5.16 Å². The van der Waals surface area contributed by atoms with Gasteiger partial charge in [0.15, 0.2) is 11.5 Å². The number of aryl methyl sites for hydroxylation is 1. The minimum absolute atomic E-state index is 0.152. The normalized spacial score (nSPS) is 11.9. The van der Waals surface area contributed by atoms with Crippen molar-refractivity contribution in [3.63, 3.8) is 0 Å². The number of phenols is 1. The number of aromatic nitrogens is 2. The van der Waals surface area contributed by atoms with Crippen LogP contribution in [0.5, 0.6) is 17.2 Å². The Morgan fingerprint density at radius 3 is 2.39 bits per heavy atom. The zero-order valence-electron chi connectivity index (χ0n) is 18.6. The Morgan fingerprint density at radius 1 is 1.12 bits per heavy atom. The van der Waals surface area contributed by atoms with E-state index in [9.17, 15) is 9.90 Å². The lowest BCUT2D eigenvalue weighted by Crippen LogP contribution is -2.15. The Kier molecular flexibility index (Phi) is 7.67. The zero-order chi connectivity index (χ0) is 24.0. The third kappa shape index (κ3) is 5.50. The molecule has 3 rings (SSSR count). The molecule has 1 heterocycles. The van der Waals surface area contributed by atoms with E-state index in [4.69, 9.17) is 14.0 Å². The topological polar surface area (TPSA) is 129 Å². The first-order chi connectivity index (χ1) is 15.9. The number of carbonyl (C=O) groups excluding carboxylic acids is 1. The molecule has 1 amide bonds. The summed E-state index contributed by atoms with van der Waals surface area (Å²) in [5.41, 5.74) is 2.10. The number of benzene rings is 2. The molecule has 0 aliphatic carbocycles. The standard InChI is InChI=1S/C22H22N4O6S/c1-12-23-20(26-32-12)13-6-8-15(9-7-13)24-18(21(33-5)25-22(28)31-4)14-10-16(27)19(30-3)17(11-14)29-2/h6-11,27H,1-5H3. The first-order valence-electron chi connectivity index (χ1n) is 9.56. The van der Waals surface area contributed by atoms with Crippen LogP contribution in [0.2, 0.25) is 0 Å². The van der Waals surface area contributed by atoms with Crippen molar-refractivity contribution in [2.45, 2.75) is 6.92 Å². The predicted molar refractivity (Wildman–Crippen MR) is 125 cm³/mol. The maximum absolute atomic E-state index is 11.9. The number of nitrogens with zero attached hydrogens (tertiary/aromatic N) is 4. The van der Waals surface area contributed by atoms with Crippen LogP contribution in [0, 0.1) is 6.92 Å². The Balaban J connectivity index is 2.13. The maximum atomic E-state index is 11.9. The highest BCUT2D eigenvalue weighted by atomic mass is 32.2. The molecular formula is C22H22N4O6S. The predicted octanol–water partition coefficient (Wildman–Crippen LogP) is 4.42. The minimum Gasteiger partial charge on any atom is -0.504 e. The number of thioether (sulfide) groups is 1. The average Bonchev–Trinajstić information content (AvgIpc) is 3.27. The van der Waals surface area contributed by atoms with Gasteiger partial charge in [-0.15, -0.1) is 11.8 Å². The van der Waals surface area contributed by atoms with E-state index in [1.165, 1.54) is 39.2 Å². The van der Waals surface area contributed by atoms with Crippen LogP contribution in [0.25, 0.3) is 11.4 Å². The molecule has 0 aliphatic heterocycles. The molecule has 0 saturated heterocycles. The fourth-order valence-corrected chi connectivity index (χ4v) is 3.39. The van der Waals surface area contributed by atoms with Crippen LogP contribution < -0.4 is 9.47 Å². The van der Waals surface area contributed by atoms with Gasteiger partial charge in [-0.2, -0.15) is 9.98 Å². The molecule has 0 radical (unpaired) electrons. The first-order valence-corrected chi connectivity index (χ1v) is 10.8. The largest absolute Gasteiger partial charge is 0.504 e. The molecule has 33 heavy (non-hydrogen) atoms. The van der Waals surface area contributed by atoms with Crippen LogP contribution in [-0.4, -0.2) is 59.7 Å². The molecule has 3 aromatic rings. The lowest BCUT2D eigenvalue weighted by atomic mass is 10.1. The Labute approximate surface area is 194 Å². The summed E-state index contributed by atoms with van der Waals surface area (Å²) in [4.78, 5) is 24.7. The zero-order valence-corrected chi connectivity index (χ0v) is 19.5. The quantitative estimate of drug-likeness (QED) is 0.411. The van der Waals surface area contributed by atoms with Crippen molar-refractivity contribution in [2.75, 3.05) is 27.6 Å². The Morgan fingerprint density at radius 2 is 1.85 bits per heavy atom. The maximum Gasteiger partial charge on any atom is 0.434 e. The highest BCUT2D eigenvalue weighted by Gasteiger charge is 2.19. The molecule has 10 nitrogen and oxygen atoms in total. The average molecular weight is 471 g/mol. The molecule has 0 saturated carbocycles. The van der Waals surface area contributed by atoms with E-state index in [0.29, 0.717) is 34.4 Å². The van der Waals surface area contributed by atoms with E-state index in [-0.39, 0.29) is 16.5 Å². The number of hydrogen-bond donors (Lipinski definition) is 1. The molecular weight excluding hydrogens is 448 g/mol. The number of rotatable bonds is 6. The fraction of sp³-hybridized carbons (Fsp3) is 0.227. The highest BCUT2D eigenvalue weighted by molar-refractivity contribution is 8.15. The monoisotopic (exact) mass is 470 g/mol. The van der Waals surface area contributed by atoms with Crippen LogP contribution in [0.3, 0.4) is 0 Å². The SMILES string of the molecule is COC(=O)N=C(SC)C(=Nc1ccc(-c2noc(C)n2)cc1)c1cc(O)c(OC)c(OC)c1. The molecule has 11 heteroatoms. The summed E-state index contributed by atoms with van der Waals surface area (Å²) in [7, 11) is 4.11. The number of phenolic OH excluding ortho intramolecular Hbond substituents is 1. The van der Waals surface area contributed by atoms with Crippen molar-refractivity contribution >= 4 is 34.3 Å². The number of ether oxygens (including phenoxy) is 3. The van der Waals surface area contributed by atoms with Gasteiger partial charge in [0.2, 0.25) is 17.5 Å². The molecule has 0 aliphatic rings. The van der Waals surface area contributed by atoms with Crippen LogP contribution in [0.4, 0.5) is 10.5 Å². The molecule has 0 spiro atoms. The second kappa shape index (κ2) is 10.6. The Bertz CT molecular complexity index is 1200. The van der Waals surface area contributed by atoms with E-state index < -0.39 is 6.09 Å². The van der Waals surface area contributed by atoms with Crippen LogP contribution >= 0.6 is 11.8 Å². The summed E-state index contributed by atoms with van der Waals surface area (Å²) < 4.78 is 20.2. The van der Waals surface area contributed by atoms with E-state index in [1.807, 2.05) is 0 Å². The highest BCUT2D eigenvalue weighted by Crippen LogP contribution is 2.38. The van der Waals surface area contributed by atoms with Gasteiger partial charge in [0.1, 0.15) is 10.8 Å². The van der Waals surface area contributed by atoms with Crippen LogP contribution in [0.15, 0.2) is 50.9 Å². The van der Waals surface area contributed by atoms with Gasteiger partial charge in [0.25, 0.3) is 0 Å². The van der Waals surface area contributed by atoms with Gasteiger partial charge in [0.05, 0.1) is 27.0 Å². The third-order valence-electron chi connectivity index (χ3n) is 4.39. The summed E-state index contributed by atoms with van der Waals surface area (Å²) in [5, 5.41) is 14.6. The molecule has 0 unspecified atom stereocenters. The van der Waals surface area contributed by atoms with E-state index in [1.54, 1.807) is 43.5 Å². The number of aliphatic imine (C=N–C) groups is 2.